The number of thiazole rings is 1. The van der Waals surface area contributed by atoms with Gasteiger partial charge in [0.05, 0.1) is 5.01 Å². The van der Waals surface area contributed by atoms with Gasteiger partial charge < -0.3 is 5.73 Å². The summed E-state index contributed by atoms with van der Waals surface area (Å²) in [6.07, 6.45) is 9.64. The highest BCUT2D eigenvalue weighted by Crippen LogP contribution is 2.41. The van der Waals surface area contributed by atoms with Crippen molar-refractivity contribution in [3.63, 3.8) is 0 Å². The fourth-order valence-electron chi connectivity index (χ4n) is 2.81. The Morgan fingerprint density at radius 1 is 1.50 bits per heavy atom. The van der Waals surface area contributed by atoms with Crippen LogP contribution in [-0.2, 0) is 6.42 Å². The standard InChI is InChI=1S/C13H22N2S/c1-2-11-3-5-13(10-14,6-4-11)9-12-15-7-8-16-12/h7-8,11H,2-6,9-10,14H2,1H3. The van der Waals surface area contributed by atoms with Crippen molar-refractivity contribution in [1.82, 2.24) is 4.98 Å². The smallest absolute Gasteiger partial charge is 0.0930 e. The van der Waals surface area contributed by atoms with Crippen molar-refractivity contribution in [2.75, 3.05) is 6.54 Å². The van der Waals surface area contributed by atoms with Crippen LogP contribution in [0.15, 0.2) is 11.6 Å². The molecule has 0 unspecified atom stereocenters. The minimum Gasteiger partial charge on any atom is -0.330 e. The highest BCUT2D eigenvalue weighted by Gasteiger charge is 2.34. The number of hydrogen-bond acceptors (Lipinski definition) is 3. The molecule has 2 nitrogen and oxygen atoms in total. The fraction of sp³-hybridized carbons (Fsp3) is 0.769. The quantitative estimate of drug-likeness (QED) is 0.874. The summed E-state index contributed by atoms with van der Waals surface area (Å²) in [5.41, 5.74) is 6.37. The molecule has 2 N–H and O–H groups in total. The van der Waals surface area contributed by atoms with Gasteiger partial charge in [-0.1, -0.05) is 13.3 Å². The number of rotatable bonds is 4. The lowest BCUT2D eigenvalue weighted by atomic mass is 9.68. The first-order valence-corrected chi connectivity index (χ1v) is 7.24. The summed E-state index contributed by atoms with van der Waals surface area (Å²) in [4.78, 5) is 4.41. The third-order valence-corrected chi connectivity index (χ3v) is 4.97. The van der Waals surface area contributed by atoms with Crippen LogP contribution in [0, 0.1) is 11.3 Å². The average molecular weight is 238 g/mol. The summed E-state index contributed by atoms with van der Waals surface area (Å²) < 4.78 is 0. The van der Waals surface area contributed by atoms with Gasteiger partial charge in [0.15, 0.2) is 0 Å². The Morgan fingerprint density at radius 2 is 2.25 bits per heavy atom. The third kappa shape index (κ3) is 2.64. The second-order valence-corrected chi connectivity index (χ2v) is 6.14. The van der Waals surface area contributed by atoms with Gasteiger partial charge in [-0.2, -0.15) is 0 Å². The minimum absolute atomic E-state index is 0.351. The molecule has 0 saturated heterocycles. The van der Waals surface area contributed by atoms with Gasteiger partial charge in [-0.05, 0) is 43.6 Å². The van der Waals surface area contributed by atoms with Crippen LogP contribution in [0.2, 0.25) is 0 Å². The molecule has 0 amide bonds. The normalized spacial score (nSPS) is 30.5. The van der Waals surface area contributed by atoms with Crippen LogP contribution in [-0.4, -0.2) is 11.5 Å². The Hall–Kier alpha value is -0.410. The van der Waals surface area contributed by atoms with Gasteiger partial charge in [0, 0.05) is 18.0 Å². The van der Waals surface area contributed by atoms with Crippen molar-refractivity contribution in [3.8, 4) is 0 Å². The van der Waals surface area contributed by atoms with E-state index in [-0.39, 0.29) is 0 Å². The van der Waals surface area contributed by atoms with Crippen LogP contribution in [0.5, 0.6) is 0 Å². The van der Waals surface area contributed by atoms with E-state index in [1.165, 1.54) is 37.1 Å². The van der Waals surface area contributed by atoms with E-state index in [1.807, 2.05) is 6.20 Å². The lowest BCUT2D eigenvalue weighted by Gasteiger charge is -2.39. The van der Waals surface area contributed by atoms with Gasteiger partial charge in [0.2, 0.25) is 0 Å². The van der Waals surface area contributed by atoms with Gasteiger partial charge in [0.25, 0.3) is 0 Å². The van der Waals surface area contributed by atoms with E-state index in [1.54, 1.807) is 11.3 Å². The van der Waals surface area contributed by atoms with Gasteiger partial charge in [-0.3, -0.25) is 0 Å². The Morgan fingerprint density at radius 3 is 2.75 bits per heavy atom. The molecule has 0 bridgehead atoms. The maximum absolute atomic E-state index is 6.02. The van der Waals surface area contributed by atoms with Crippen LogP contribution >= 0.6 is 11.3 Å². The molecule has 16 heavy (non-hydrogen) atoms. The molecule has 1 aliphatic carbocycles. The molecule has 90 valence electrons. The molecule has 1 aliphatic rings. The molecule has 0 aliphatic heterocycles. The molecule has 1 heterocycles. The van der Waals surface area contributed by atoms with Crippen LogP contribution in [0.25, 0.3) is 0 Å². The zero-order valence-corrected chi connectivity index (χ0v) is 10.9. The first-order chi connectivity index (χ1) is 7.78. The zero-order valence-electron chi connectivity index (χ0n) is 10.1. The number of hydrogen-bond donors (Lipinski definition) is 1. The van der Waals surface area contributed by atoms with Gasteiger partial charge in [0.1, 0.15) is 0 Å². The van der Waals surface area contributed by atoms with Gasteiger partial charge >= 0.3 is 0 Å². The first-order valence-electron chi connectivity index (χ1n) is 6.36. The van der Waals surface area contributed by atoms with E-state index in [4.69, 9.17) is 5.73 Å². The number of aromatic nitrogens is 1. The molecule has 1 aromatic rings. The largest absolute Gasteiger partial charge is 0.330 e. The number of nitrogens with two attached hydrogens (primary N) is 1. The number of nitrogens with zero attached hydrogens (tertiary/aromatic N) is 1. The second-order valence-electron chi connectivity index (χ2n) is 5.16. The van der Waals surface area contributed by atoms with Crippen molar-refractivity contribution in [1.29, 1.82) is 0 Å². The lowest BCUT2D eigenvalue weighted by Crippen LogP contribution is -2.36. The summed E-state index contributed by atoms with van der Waals surface area (Å²) in [5.74, 6) is 0.941. The van der Waals surface area contributed by atoms with E-state index >= 15 is 0 Å². The highest BCUT2D eigenvalue weighted by molar-refractivity contribution is 7.09. The summed E-state index contributed by atoms with van der Waals surface area (Å²) in [5, 5.41) is 3.33. The zero-order chi connectivity index (χ0) is 11.4. The molecule has 1 aromatic heterocycles. The maximum Gasteiger partial charge on any atom is 0.0930 e. The van der Waals surface area contributed by atoms with E-state index in [0.717, 1.165) is 18.9 Å². The second kappa shape index (κ2) is 5.28. The molecule has 1 fully saturated rings. The predicted molar refractivity (Wildman–Crippen MR) is 69.6 cm³/mol. The molecule has 0 aromatic carbocycles. The maximum atomic E-state index is 6.02. The molecular weight excluding hydrogens is 216 g/mol. The lowest BCUT2D eigenvalue weighted by molar-refractivity contribution is 0.153. The predicted octanol–water partition coefficient (Wildman–Crippen LogP) is 3.23. The van der Waals surface area contributed by atoms with Gasteiger partial charge in [-0.15, -0.1) is 11.3 Å². The molecule has 0 radical (unpaired) electrons. The van der Waals surface area contributed by atoms with E-state index < -0.39 is 0 Å². The first kappa shape index (κ1) is 12.1. The highest BCUT2D eigenvalue weighted by atomic mass is 32.1. The van der Waals surface area contributed by atoms with E-state index in [9.17, 15) is 0 Å². The van der Waals surface area contributed by atoms with Crippen LogP contribution in [0.3, 0.4) is 0 Å². The van der Waals surface area contributed by atoms with Crippen LogP contribution in [0.1, 0.15) is 44.0 Å². The van der Waals surface area contributed by atoms with E-state index in [2.05, 4.69) is 17.3 Å². The monoisotopic (exact) mass is 238 g/mol. The van der Waals surface area contributed by atoms with Crippen molar-refractivity contribution in [2.45, 2.75) is 45.4 Å². The summed E-state index contributed by atoms with van der Waals surface area (Å²) in [6, 6.07) is 0. The van der Waals surface area contributed by atoms with Crippen molar-refractivity contribution in [3.05, 3.63) is 16.6 Å². The summed E-state index contributed by atoms with van der Waals surface area (Å²) in [6.45, 7) is 3.13. The average Bonchev–Trinajstić information content (AvgIpc) is 2.83. The Labute approximate surface area is 102 Å². The Kier molecular flexibility index (Phi) is 3.98. The summed E-state index contributed by atoms with van der Waals surface area (Å²) >= 11 is 1.77. The van der Waals surface area contributed by atoms with Crippen molar-refractivity contribution in [2.24, 2.45) is 17.1 Å². The Balaban J connectivity index is 1.98. The third-order valence-electron chi connectivity index (χ3n) is 4.19. The molecule has 0 spiro atoms. The minimum atomic E-state index is 0.351. The topological polar surface area (TPSA) is 38.9 Å². The molecule has 1 saturated carbocycles. The molecule has 0 atom stereocenters. The molecule has 2 rings (SSSR count). The molecule has 3 heteroatoms. The van der Waals surface area contributed by atoms with Crippen LogP contribution < -0.4 is 5.73 Å². The SMILES string of the molecule is CCC1CCC(CN)(Cc2nccs2)CC1. The van der Waals surface area contributed by atoms with Gasteiger partial charge in [-0.25, -0.2) is 4.98 Å². The Bertz CT molecular complexity index is 300. The van der Waals surface area contributed by atoms with Crippen molar-refractivity contribution >= 4 is 11.3 Å². The van der Waals surface area contributed by atoms with Crippen LogP contribution in [0.4, 0.5) is 0 Å². The summed E-state index contributed by atoms with van der Waals surface area (Å²) in [7, 11) is 0. The molecular formula is C13H22N2S. The van der Waals surface area contributed by atoms with E-state index in [0.29, 0.717) is 5.41 Å². The van der Waals surface area contributed by atoms with Crippen molar-refractivity contribution < 1.29 is 0 Å². The fourth-order valence-corrected chi connectivity index (χ4v) is 3.60.